The zero-order valence-corrected chi connectivity index (χ0v) is 11.5. The van der Waals surface area contributed by atoms with Gasteiger partial charge in [-0.25, -0.2) is 0 Å². The van der Waals surface area contributed by atoms with Gasteiger partial charge >= 0.3 is 0 Å². The van der Waals surface area contributed by atoms with Crippen LogP contribution in [0.15, 0.2) is 24.3 Å². The van der Waals surface area contributed by atoms with Gasteiger partial charge in [0, 0.05) is 17.6 Å². The first-order valence-corrected chi connectivity index (χ1v) is 6.89. The molecule has 3 unspecified atom stereocenters. The molecule has 0 bridgehead atoms. The third-order valence-corrected chi connectivity index (χ3v) is 3.89. The van der Waals surface area contributed by atoms with E-state index in [2.05, 4.69) is 4.90 Å². The van der Waals surface area contributed by atoms with E-state index in [4.69, 9.17) is 17.3 Å². The third kappa shape index (κ3) is 3.04. The Morgan fingerprint density at radius 3 is 2.78 bits per heavy atom. The Bertz CT molecular complexity index is 397. The lowest BCUT2D eigenvalue weighted by Crippen LogP contribution is -2.46. The molecular weight excluding hydrogens is 248 g/mol. The summed E-state index contributed by atoms with van der Waals surface area (Å²) in [6, 6.07) is 7.89. The maximum absolute atomic E-state index is 9.81. The number of halogens is 1. The van der Waals surface area contributed by atoms with Crippen molar-refractivity contribution < 1.29 is 5.11 Å². The van der Waals surface area contributed by atoms with Gasteiger partial charge in [0.25, 0.3) is 0 Å². The lowest BCUT2D eigenvalue weighted by molar-refractivity contribution is 0.0405. The van der Waals surface area contributed by atoms with Crippen molar-refractivity contribution in [2.24, 2.45) is 5.73 Å². The minimum atomic E-state index is -0.248. The van der Waals surface area contributed by atoms with Crippen LogP contribution < -0.4 is 5.73 Å². The van der Waals surface area contributed by atoms with Gasteiger partial charge in [0.1, 0.15) is 0 Å². The largest absolute Gasteiger partial charge is 0.392 e. The molecule has 18 heavy (non-hydrogen) atoms. The van der Waals surface area contributed by atoms with Crippen molar-refractivity contribution in [3.8, 4) is 0 Å². The molecule has 0 aromatic heterocycles. The second-order valence-electron chi connectivity index (χ2n) is 5.12. The van der Waals surface area contributed by atoms with E-state index in [-0.39, 0.29) is 18.2 Å². The summed E-state index contributed by atoms with van der Waals surface area (Å²) in [6.45, 7) is 3.64. The van der Waals surface area contributed by atoms with Crippen LogP contribution in [0.5, 0.6) is 0 Å². The molecule has 1 fully saturated rings. The van der Waals surface area contributed by atoms with Crippen LogP contribution in [0, 0.1) is 0 Å². The van der Waals surface area contributed by atoms with Crippen LogP contribution in [-0.4, -0.2) is 35.2 Å². The van der Waals surface area contributed by atoms with Crippen LogP contribution >= 0.6 is 11.6 Å². The van der Waals surface area contributed by atoms with E-state index >= 15 is 0 Å². The van der Waals surface area contributed by atoms with Gasteiger partial charge in [-0.1, -0.05) is 29.8 Å². The van der Waals surface area contributed by atoms with Crippen LogP contribution in [0.3, 0.4) is 0 Å². The molecule has 1 saturated heterocycles. The SMILES string of the molecule is CC(N)C(c1ccccc1Cl)N1CCCC(O)C1. The molecule has 0 aliphatic carbocycles. The number of hydrogen-bond acceptors (Lipinski definition) is 3. The van der Waals surface area contributed by atoms with Crippen LogP contribution in [0.1, 0.15) is 31.4 Å². The number of rotatable bonds is 3. The average Bonchev–Trinajstić information content (AvgIpc) is 2.32. The van der Waals surface area contributed by atoms with Crippen molar-refractivity contribution in [1.29, 1.82) is 0 Å². The van der Waals surface area contributed by atoms with Gasteiger partial charge < -0.3 is 10.8 Å². The van der Waals surface area contributed by atoms with Gasteiger partial charge in [0.2, 0.25) is 0 Å². The Labute approximate surface area is 114 Å². The fourth-order valence-corrected chi connectivity index (χ4v) is 3.01. The molecular formula is C14H21ClN2O. The number of hydrogen-bond donors (Lipinski definition) is 2. The highest BCUT2D eigenvalue weighted by atomic mass is 35.5. The first-order chi connectivity index (χ1) is 8.59. The highest BCUT2D eigenvalue weighted by molar-refractivity contribution is 6.31. The van der Waals surface area contributed by atoms with Crippen molar-refractivity contribution in [3.63, 3.8) is 0 Å². The molecule has 0 spiro atoms. The zero-order valence-electron chi connectivity index (χ0n) is 10.7. The fourth-order valence-electron chi connectivity index (χ4n) is 2.76. The molecule has 3 nitrogen and oxygen atoms in total. The average molecular weight is 269 g/mol. The molecule has 1 aliphatic heterocycles. The summed E-state index contributed by atoms with van der Waals surface area (Å²) in [4.78, 5) is 2.25. The number of benzene rings is 1. The first-order valence-electron chi connectivity index (χ1n) is 6.51. The van der Waals surface area contributed by atoms with Crippen LogP contribution in [0.2, 0.25) is 5.02 Å². The molecule has 2 rings (SSSR count). The van der Waals surface area contributed by atoms with Gasteiger partial charge in [-0.05, 0) is 37.9 Å². The van der Waals surface area contributed by atoms with E-state index in [9.17, 15) is 5.11 Å². The molecule has 0 amide bonds. The third-order valence-electron chi connectivity index (χ3n) is 3.54. The van der Waals surface area contributed by atoms with Gasteiger partial charge in [-0.15, -0.1) is 0 Å². The molecule has 0 saturated carbocycles. The van der Waals surface area contributed by atoms with E-state index in [1.807, 2.05) is 31.2 Å². The van der Waals surface area contributed by atoms with Crippen LogP contribution in [0.4, 0.5) is 0 Å². The van der Waals surface area contributed by atoms with Crippen LogP contribution in [-0.2, 0) is 0 Å². The monoisotopic (exact) mass is 268 g/mol. The number of β-amino-alcohol motifs (C(OH)–C–C–N with tert-alkyl or cyclic N) is 1. The lowest BCUT2D eigenvalue weighted by Gasteiger charge is -2.39. The van der Waals surface area contributed by atoms with E-state index in [1.54, 1.807) is 0 Å². The molecule has 1 aromatic rings. The van der Waals surface area contributed by atoms with E-state index in [0.29, 0.717) is 6.54 Å². The van der Waals surface area contributed by atoms with E-state index in [0.717, 1.165) is 30.0 Å². The Balaban J connectivity index is 2.26. The molecule has 3 N–H and O–H groups in total. The number of likely N-dealkylation sites (tertiary alicyclic amines) is 1. The quantitative estimate of drug-likeness (QED) is 0.884. The number of aliphatic hydroxyl groups is 1. The van der Waals surface area contributed by atoms with Gasteiger partial charge in [-0.2, -0.15) is 0 Å². The smallest absolute Gasteiger partial charge is 0.0667 e. The number of piperidine rings is 1. The normalized spacial score (nSPS) is 24.8. The molecule has 4 heteroatoms. The Morgan fingerprint density at radius 2 is 2.17 bits per heavy atom. The summed E-state index contributed by atoms with van der Waals surface area (Å²) in [6.07, 6.45) is 1.64. The fraction of sp³-hybridized carbons (Fsp3) is 0.571. The maximum Gasteiger partial charge on any atom is 0.0667 e. The Kier molecular flexibility index (Phi) is 4.62. The van der Waals surface area contributed by atoms with E-state index < -0.39 is 0 Å². The van der Waals surface area contributed by atoms with Gasteiger partial charge in [0.15, 0.2) is 0 Å². The van der Waals surface area contributed by atoms with Crippen molar-refractivity contribution >= 4 is 11.6 Å². The van der Waals surface area contributed by atoms with Gasteiger partial charge in [0.05, 0.1) is 12.1 Å². The zero-order chi connectivity index (χ0) is 13.1. The van der Waals surface area contributed by atoms with Crippen LogP contribution in [0.25, 0.3) is 0 Å². The van der Waals surface area contributed by atoms with Crippen molar-refractivity contribution in [2.45, 2.75) is 38.0 Å². The number of nitrogens with zero attached hydrogens (tertiary/aromatic N) is 1. The Morgan fingerprint density at radius 1 is 1.44 bits per heavy atom. The summed E-state index contributed by atoms with van der Waals surface area (Å²) in [5.41, 5.74) is 7.19. The first kappa shape index (κ1) is 13.8. The summed E-state index contributed by atoms with van der Waals surface area (Å²) >= 11 is 6.27. The second kappa shape index (κ2) is 6.02. The molecule has 0 radical (unpaired) electrons. The predicted molar refractivity (Wildman–Crippen MR) is 74.7 cm³/mol. The molecule has 3 atom stereocenters. The second-order valence-corrected chi connectivity index (χ2v) is 5.52. The Hall–Kier alpha value is -0.610. The minimum absolute atomic E-state index is 0.0183. The summed E-state index contributed by atoms with van der Waals surface area (Å²) in [5.74, 6) is 0. The molecule has 1 heterocycles. The number of nitrogens with two attached hydrogens (primary N) is 1. The van der Waals surface area contributed by atoms with Crippen molar-refractivity contribution in [3.05, 3.63) is 34.9 Å². The van der Waals surface area contributed by atoms with Crippen molar-refractivity contribution in [1.82, 2.24) is 4.90 Å². The lowest BCUT2D eigenvalue weighted by atomic mass is 9.96. The molecule has 100 valence electrons. The molecule has 1 aromatic carbocycles. The van der Waals surface area contributed by atoms with Gasteiger partial charge in [-0.3, -0.25) is 4.90 Å². The van der Waals surface area contributed by atoms with Crippen molar-refractivity contribution in [2.75, 3.05) is 13.1 Å². The molecule has 1 aliphatic rings. The topological polar surface area (TPSA) is 49.5 Å². The number of aliphatic hydroxyl groups excluding tert-OH is 1. The minimum Gasteiger partial charge on any atom is -0.392 e. The summed E-state index contributed by atoms with van der Waals surface area (Å²) in [7, 11) is 0. The highest BCUT2D eigenvalue weighted by Crippen LogP contribution is 2.31. The highest BCUT2D eigenvalue weighted by Gasteiger charge is 2.29. The summed E-state index contributed by atoms with van der Waals surface area (Å²) < 4.78 is 0. The van der Waals surface area contributed by atoms with E-state index in [1.165, 1.54) is 0 Å². The summed E-state index contributed by atoms with van der Waals surface area (Å²) in [5, 5.41) is 10.6. The maximum atomic E-state index is 9.81. The predicted octanol–water partition coefficient (Wildman–Crippen LogP) is 2.19. The standard InChI is InChI=1S/C14H21ClN2O/c1-10(16)14(12-6-2-3-7-13(12)15)17-8-4-5-11(18)9-17/h2-3,6-7,10-11,14,18H,4-5,8-9,16H2,1H3.